The summed E-state index contributed by atoms with van der Waals surface area (Å²) in [5.74, 6) is 0.611. The number of hydrogen-bond acceptors (Lipinski definition) is 5. The van der Waals surface area contributed by atoms with Crippen molar-refractivity contribution >= 4 is 18.4 Å². The highest BCUT2D eigenvalue weighted by molar-refractivity contribution is 5.85. The van der Waals surface area contributed by atoms with Crippen molar-refractivity contribution in [3.63, 3.8) is 0 Å². The maximum Gasteiger partial charge on any atom is 0.223 e. The van der Waals surface area contributed by atoms with E-state index in [2.05, 4.69) is 34.3 Å². The number of halogens is 2. The average Bonchev–Trinajstić information content (AvgIpc) is 2.84. The van der Waals surface area contributed by atoms with Crippen molar-refractivity contribution < 1.29 is 4.39 Å². The van der Waals surface area contributed by atoms with Crippen LogP contribution in [0.1, 0.15) is 32.3 Å². The van der Waals surface area contributed by atoms with Crippen molar-refractivity contribution in [2.24, 2.45) is 5.73 Å². The SMILES string of the molecule is CC(C)N.CC(CNc1ncc(-c2ccc(F)cc2)c(-c2ccncc2)n1)c1ccccc1.Cl. The zero-order valence-corrected chi connectivity index (χ0v) is 20.5. The lowest BCUT2D eigenvalue weighted by molar-refractivity contribution is 0.628. The van der Waals surface area contributed by atoms with Crippen LogP contribution in [0.4, 0.5) is 10.3 Å². The summed E-state index contributed by atoms with van der Waals surface area (Å²) in [5, 5.41) is 3.34. The van der Waals surface area contributed by atoms with Crippen LogP contribution in [0.25, 0.3) is 22.4 Å². The third kappa shape index (κ3) is 7.90. The van der Waals surface area contributed by atoms with E-state index < -0.39 is 0 Å². The Labute approximate surface area is 207 Å². The Morgan fingerprint density at radius 3 is 2.12 bits per heavy atom. The quantitative estimate of drug-likeness (QED) is 0.337. The molecule has 2 aromatic carbocycles. The molecule has 0 aliphatic carbocycles. The minimum absolute atomic E-state index is 0. The second-order valence-electron chi connectivity index (χ2n) is 8.14. The number of hydrogen-bond donors (Lipinski definition) is 2. The Hall–Kier alpha value is -3.35. The molecular formula is C27H31ClFN5. The molecule has 178 valence electrons. The van der Waals surface area contributed by atoms with Crippen LogP contribution in [-0.4, -0.2) is 27.5 Å². The molecule has 1 unspecified atom stereocenters. The number of nitrogens with two attached hydrogens (primary N) is 1. The van der Waals surface area contributed by atoms with Crippen LogP contribution in [-0.2, 0) is 0 Å². The first-order valence-corrected chi connectivity index (χ1v) is 11.0. The highest BCUT2D eigenvalue weighted by Gasteiger charge is 2.13. The fourth-order valence-corrected chi connectivity index (χ4v) is 3.18. The summed E-state index contributed by atoms with van der Waals surface area (Å²) in [4.78, 5) is 13.4. The Balaban J connectivity index is 0.000000758. The summed E-state index contributed by atoms with van der Waals surface area (Å²) in [5.41, 5.74) is 9.79. The third-order valence-electron chi connectivity index (χ3n) is 4.83. The normalized spacial score (nSPS) is 11.1. The molecule has 4 aromatic rings. The number of pyridine rings is 1. The number of rotatable bonds is 6. The van der Waals surface area contributed by atoms with Gasteiger partial charge in [-0.15, -0.1) is 12.4 Å². The van der Waals surface area contributed by atoms with Crippen LogP contribution in [0.15, 0.2) is 85.3 Å². The van der Waals surface area contributed by atoms with Crippen molar-refractivity contribution in [3.8, 4) is 22.4 Å². The van der Waals surface area contributed by atoms with Crippen molar-refractivity contribution in [3.05, 3.63) is 96.7 Å². The van der Waals surface area contributed by atoms with Gasteiger partial charge in [-0.2, -0.15) is 0 Å². The third-order valence-corrected chi connectivity index (χ3v) is 4.83. The van der Waals surface area contributed by atoms with Crippen LogP contribution >= 0.6 is 12.4 Å². The number of anilines is 1. The predicted octanol–water partition coefficient (Wildman–Crippen LogP) is 6.34. The van der Waals surface area contributed by atoms with Crippen molar-refractivity contribution in [1.29, 1.82) is 0 Å². The molecular weight excluding hydrogens is 449 g/mol. The van der Waals surface area contributed by atoms with Gasteiger partial charge >= 0.3 is 0 Å². The lowest BCUT2D eigenvalue weighted by Gasteiger charge is -2.15. The lowest BCUT2D eigenvalue weighted by atomic mass is 10.0. The molecule has 7 heteroatoms. The lowest BCUT2D eigenvalue weighted by Crippen LogP contribution is -2.12. The molecule has 0 saturated carbocycles. The minimum atomic E-state index is -0.270. The van der Waals surface area contributed by atoms with Crippen LogP contribution in [0, 0.1) is 5.82 Å². The smallest absolute Gasteiger partial charge is 0.223 e. The molecule has 0 spiro atoms. The minimum Gasteiger partial charge on any atom is -0.354 e. The van der Waals surface area contributed by atoms with Gasteiger partial charge in [-0.25, -0.2) is 14.4 Å². The molecule has 0 aliphatic heterocycles. The van der Waals surface area contributed by atoms with E-state index in [0.29, 0.717) is 17.9 Å². The first-order valence-electron chi connectivity index (χ1n) is 11.0. The van der Waals surface area contributed by atoms with Crippen LogP contribution in [0.5, 0.6) is 0 Å². The maximum atomic E-state index is 13.4. The van der Waals surface area contributed by atoms with Gasteiger partial charge < -0.3 is 11.1 Å². The second-order valence-corrected chi connectivity index (χ2v) is 8.14. The fourth-order valence-electron chi connectivity index (χ4n) is 3.18. The molecule has 3 N–H and O–H groups in total. The standard InChI is InChI=1S/C24H21FN4.C3H9N.ClH/c1-17(18-5-3-2-4-6-18)15-27-24-28-16-22(19-7-9-21(25)10-8-19)23(29-24)20-11-13-26-14-12-20;1-3(2)4;/h2-14,16-17H,15H2,1H3,(H,27,28,29);3H,4H2,1-2H3;1H. The molecule has 0 fully saturated rings. The van der Waals surface area contributed by atoms with Crippen molar-refractivity contribution in [1.82, 2.24) is 15.0 Å². The van der Waals surface area contributed by atoms with Crippen LogP contribution in [0.3, 0.4) is 0 Å². The van der Waals surface area contributed by atoms with Crippen LogP contribution < -0.4 is 11.1 Å². The van der Waals surface area contributed by atoms with E-state index in [4.69, 9.17) is 10.7 Å². The predicted molar refractivity (Wildman–Crippen MR) is 141 cm³/mol. The number of benzene rings is 2. The van der Waals surface area contributed by atoms with Gasteiger partial charge in [-0.3, -0.25) is 4.98 Å². The van der Waals surface area contributed by atoms with Crippen LogP contribution in [0.2, 0.25) is 0 Å². The average molecular weight is 480 g/mol. The summed E-state index contributed by atoms with van der Waals surface area (Å²) in [6, 6.07) is 20.9. The molecule has 0 bridgehead atoms. The molecule has 2 heterocycles. The Bertz CT molecular complexity index is 1120. The molecule has 34 heavy (non-hydrogen) atoms. The highest BCUT2D eigenvalue weighted by atomic mass is 35.5. The van der Waals surface area contributed by atoms with Gasteiger partial charge in [0.1, 0.15) is 5.82 Å². The van der Waals surface area contributed by atoms with E-state index in [1.54, 1.807) is 30.7 Å². The largest absolute Gasteiger partial charge is 0.354 e. The van der Waals surface area contributed by atoms with E-state index >= 15 is 0 Å². The first kappa shape index (κ1) is 26.9. The van der Waals surface area contributed by atoms with E-state index in [-0.39, 0.29) is 18.2 Å². The maximum absolute atomic E-state index is 13.4. The number of nitrogens with zero attached hydrogens (tertiary/aromatic N) is 3. The molecule has 1 atom stereocenters. The van der Waals surface area contributed by atoms with E-state index in [9.17, 15) is 4.39 Å². The molecule has 5 nitrogen and oxygen atoms in total. The topological polar surface area (TPSA) is 76.7 Å². The highest BCUT2D eigenvalue weighted by Crippen LogP contribution is 2.30. The molecule has 0 radical (unpaired) electrons. The summed E-state index contributed by atoms with van der Waals surface area (Å²) >= 11 is 0. The van der Waals surface area contributed by atoms with Gasteiger partial charge in [0.25, 0.3) is 0 Å². The van der Waals surface area contributed by atoms with E-state index in [1.807, 2.05) is 44.2 Å². The monoisotopic (exact) mass is 479 g/mol. The van der Waals surface area contributed by atoms with E-state index in [0.717, 1.165) is 28.9 Å². The zero-order chi connectivity index (χ0) is 23.6. The Morgan fingerprint density at radius 2 is 1.50 bits per heavy atom. The van der Waals surface area contributed by atoms with Crippen molar-refractivity contribution in [2.45, 2.75) is 32.7 Å². The van der Waals surface area contributed by atoms with Gasteiger partial charge in [0.05, 0.1) is 5.69 Å². The van der Waals surface area contributed by atoms with Gasteiger partial charge in [-0.1, -0.05) is 63.2 Å². The Kier molecular flexibility index (Phi) is 10.6. The van der Waals surface area contributed by atoms with E-state index in [1.165, 1.54) is 17.7 Å². The number of aromatic nitrogens is 3. The van der Waals surface area contributed by atoms with Gasteiger partial charge in [0, 0.05) is 36.3 Å². The van der Waals surface area contributed by atoms with Gasteiger partial charge in [0.2, 0.25) is 5.95 Å². The fraction of sp³-hybridized carbons (Fsp3) is 0.222. The van der Waals surface area contributed by atoms with Crippen molar-refractivity contribution in [2.75, 3.05) is 11.9 Å². The molecule has 0 aliphatic rings. The molecule has 2 aromatic heterocycles. The Morgan fingerprint density at radius 1 is 0.882 bits per heavy atom. The summed E-state index contributed by atoms with van der Waals surface area (Å²) in [7, 11) is 0. The molecule has 0 saturated heterocycles. The summed E-state index contributed by atoms with van der Waals surface area (Å²) < 4.78 is 13.4. The summed E-state index contributed by atoms with van der Waals surface area (Å²) in [6.45, 7) is 6.77. The number of nitrogens with one attached hydrogen (secondary N) is 1. The van der Waals surface area contributed by atoms with Gasteiger partial charge in [0.15, 0.2) is 0 Å². The summed E-state index contributed by atoms with van der Waals surface area (Å²) in [6.07, 6.45) is 5.25. The molecule has 4 rings (SSSR count). The van der Waals surface area contributed by atoms with Gasteiger partial charge in [-0.05, 0) is 47.4 Å². The molecule has 0 amide bonds. The zero-order valence-electron chi connectivity index (χ0n) is 19.6. The first-order chi connectivity index (χ1) is 15.9. The second kappa shape index (κ2) is 13.4.